The minimum Gasteiger partial charge on any atom is -0.465 e. The second-order valence-corrected chi connectivity index (χ2v) is 4.04. The Morgan fingerprint density at radius 3 is 1.87 bits per heavy atom. The molecule has 0 heterocycles. The number of ether oxygens (including phenoxy) is 2. The van der Waals surface area contributed by atoms with Crippen molar-refractivity contribution >= 4 is 23.7 Å². The van der Waals surface area contributed by atoms with Crippen LogP contribution in [0.3, 0.4) is 0 Å². The zero-order valence-corrected chi connectivity index (χ0v) is 10.3. The Balaban J connectivity index is 4.28. The van der Waals surface area contributed by atoms with Gasteiger partial charge in [-0.25, -0.2) is 0 Å². The minimum atomic E-state index is -0.783. The summed E-state index contributed by atoms with van der Waals surface area (Å²) in [6.07, 6.45) is 0. The molecule has 0 N–H and O–H groups in total. The van der Waals surface area contributed by atoms with Gasteiger partial charge in [-0.2, -0.15) is 11.8 Å². The number of rotatable bonds is 7. The van der Waals surface area contributed by atoms with Crippen molar-refractivity contribution in [3.05, 3.63) is 0 Å². The van der Waals surface area contributed by atoms with Crippen LogP contribution in [0, 0.1) is 5.92 Å². The van der Waals surface area contributed by atoms with E-state index >= 15 is 0 Å². The van der Waals surface area contributed by atoms with Gasteiger partial charge < -0.3 is 9.47 Å². The number of thioether (sulfide) groups is 1. The van der Waals surface area contributed by atoms with E-state index in [1.54, 1.807) is 13.8 Å². The molecule has 0 saturated carbocycles. The van der Waals surface area contributed by atoms with E-state index < -0.39 is 17.9 Å². The predicted octanol–water partition coefficient (Wildman–Crippen LogP) is 1.48. The zero-order chi connectivity index (χ0) is 11.7. The van der Waals surface area contributed by atoms with Gasteiger partial charge in [0, 0.05) is 5.75 Å². The number of hydrogen-bond donors (Lipinski definition) is 0. The molecular weight excluding hydrogens is 216 g/mol. The summed E-state index contributed by atoms with van der Waals surface area (Å²) < 4.78 is 9.63. The highest BCUT2D eigenvalue weighted by atomic mass is 32.2. The van der Waals surface area contributed by atoms with Crippen molar-refractivity contribution in [2.24, 2.45) is 5.92 Å². The third-order valence-corrected chi connectivity index (χ3v) is 2.61. The van der Waals surface area contributed by atoms with Crippen molar-refractivity contribution in [2.75, 3.05) is 24.7 Å². The molecule has 0 bridgehead atoms. The van der Waals surface area contributed by atoms with Crippen molar-refractivity contribution in [3.8, 4) is 0 Å². The smallest absolute Gasteiger partial charge is 0.321 e. The van der Waals surface area contributed by atoms with Gasteiger partial charge in [-0.05, 0) is 19.6 Å². The zero-order valence-electron chi connectivity index (χ0n) is 9.45. The van der Waals surface area contributed by atoms with Crippen molar-refractivity contribution in [2.45, 2.75) is 20.8 Å². The first-order chi connectivity index (χ1) is 7.17. The Morgan fingerprint density at radius 1 is 1.07 bits per heavy atom. The second kappa shape index (κ2) is 8.59. The fraction of sp³-hybridized carbons (Fsp3) is 0.800. The molecule has 88 valence electrons. The summed E-state index contributed by atoms with van der Waals surface area (Å²) >= 11 is 1.52. The van der Waals surface area contributed by atoms with Gasteiger partial charge in [0.05, 0.1) is 13.2 Å². The van der Waals surface area contributed by atoms with Gasteiger partial charge >= 0.3 is 11.9 Å². The van der Waals surface area contributed by atoms with Gasteiger partial charge in [-0.3, -0.25) is 9.59 Å². The van der Waals surface area contributed by atoms with Crippen LogP contribution in [0.25, 0.3) is 0 Å². The molecule has 0 aromatic rings. The van der Waals surface area contributed by atoms with Crippen LogP contribution in [-0.2, 0) is 19.1 Å². The molecule has 0 amide bonds. The van der Waals surface area contributed by atoms with Crippen molar-refractivity contribution in [3.63, 3.8) is 0 Å². The maximum atomic E-state index is 11.4. The molecule has 0 saturated heterocycles. The maximum Gasteiger partial charge on any atom is 0.321 e. The van der Waals surface area contributed by atoms with Crippen LogP contribution in [0.5, 0.6) is 0 Å². The summed E-state index contributed by atoms with van der Waals surface area (Å²) in [4.78, 5) is 22.9. The van der Waals surface area contributed by atoms with Crippen LogP contribution in [0.4, 0.5) is 0 Å². The van der Waals surface area contributed by atoms with Crippen LogP contribution in [-0.4, -0.2) is 36.7 Å². The molecule has 0 radical (unpaired) electrons. The summed E-state index contributed by atoms with van der Waals surface area (Å²) in [5.41, 5.74) is 0. The molecule has 0 rings (SSSR count). The lowest BCUT2D eigenvalue weighted by Crippen LogP contribution is -2.30. The lowest BCUT2D eigenvalue weighted by Gasteiger charge is -2.13. The van der Waals surface area contributed by atoms with Gasteiger partial charge in [-0.1, -0.05) is 6.92 Å². The summed E-state index contributed by atoms with van der Waals surface area (Å²) in [6, 6.07) is 0. The van der Waals surface area contributed by atoms with E-state index in [-0.39, 0.29) is 13.2 Å². The highest BCUT2D eigenvalue weighted by molar-refractivity contribution is 7.99. The average Bonchev–Trinajstić information content (AvgIpc) is 2.19. The molecule has 4 nitrogen and oxygen atoms in total. The number of carbonyl (C=O) groups is 2. The lowest BCUT2D eigenvalue weighted by atomic mass is 10.2. The van der Waals surface area contributed by atoms with Gasteiger partial charge in [0.2, 0.25) is 0 Å². The first kappa shape index (κ1) is 14.3. The van der Waals surface area contributed by atoms with Crippen LogP contribution in [0.2, 0.25) is 0 Å². The molecule has 0 spiro atoms. The van der Waals surface area contributed by atoms with E-state index in [0.29, 0.717) is 5.75 Å². The molecular formula is C10H18O4S. The van der Waals surface area contributed by atoms with Crippen molar-refractivity contribution < 1.29 is 19.1 Å². The van der Waals surface area contributed by atoms with Crippen LogP contribution in [0.15, 0.2) is 0 Å². The average molecular weight is 234 g/mol. The van der Waals surface area contributed by atoms with Crippen LogP contribution in [0.1, 0.15) is 20.8 Å². The van der Waals surface area contributed by atoms with Gasteiger partial charge in [0.15, 0.2) is 5.92 Å². The minimum absolute atomic E-state index is 0.283. The third-order valence-electron chi connectivity index (χ3n) is 1.63. The molecule has 0 aliphatic rings. The summed E-state index contributed by atoms with van der Waals surface area (Å²) in [5, 5.41) is 0. The molecule has 0 aliphatic heterocycles. The van der Waals surface area contributed by atoms with Crippen LogP contribution < -0.4 is 0 Å². The van der Waals surface area contributed by atoms with Gasteiger partial charge in [-0.15, -0.1) is 0 Å². The summed E-state index contributed by atoms with van der Waals surface area (Å²) in [5.74, 6) is -0.479. The second-order valence-electron chi connectivity index (χ2n) is 2.72. The molecule has 0 atom stereocenters. The van der Waals surface area contributed by atoms with Crippen molar-refractivity contribution in [1.82, 2.24) is 0 Å². The normalized spacial score (nSPS) is 10.1. The van der Waals surface area contributed by atoms with E-state index in [0.717, 1.165) is 5.75 Å². The maximum absolute atomic E-state index is 11.4. The van der Waals surface area contributed by atoms with E-state index in [9.17, 15) is 9.59 Å². The first-order valence-corrected chi connectivity index (χ1v) is 6.23. The quantitative estimate of drug-likeness (QED) is 0.493. The highest BCUT2D eigenvalue weighted by Crippen LogP contribution is 2.12. The molecule has 0 fully saturated rings. The third kappa shape index (κ3) is 5.67. The molecule has 0 aliphatic carbocycles. The molecule has 5 heteroatoms. The monoisotopic (exact) mass is 234 g/mol. The highest BCUT2D eigenvalue weighted by Gasteiger charge is 2.28. The van der Waals surface area contributed by atoms with E-state index in [4.69, 9.17) is 9.47 Å². The Bertz CT molecular complexity index is 188. The molecule has 15 heavy (non-hydrogen) atoms. The largest absolute Gasteiger partial charge is 0.465 e. The number of carbonyl (C=O) groups excluding carboxylic acids is 2. The Hall–Kier alpha value is -0.710. The molecule has 0 unspecified atom stereocenters. The first-order valence-electron chi connectivity index (χ1n) is 5.08. The Morgan fingerprint density at radius 2 is 1.53 bits per heavy atom. The predicted molar refractivity (Wildman–Crippen MR) is 59.8 cm³/mol. The summed E-state index contributed by atoms with van der Waals surface area (Å²) in [6.45, 7) is 5.97. The lowest BCUT2D eigenvalue weighted by molar-refractivity contribution is -0.160. The van der Waals surface area contributed by atoms with Crippen LogP contribution >= 0.6 is 11.8 Å². The van der Waals surface area contributed by atoms with Gasteiger partial charge in [0.25, 0.3) is 0 Å². The van der Waals surface area contributed by atoms with E-state index in [1.807, 2.05) is 6.92 Å². The van der Waals surface area contributed by atoms with Crippen molar-refractivity contribution in [1.29, 1.82) is 0 Å². The van der Waals surface area contributed by atoms with E-state index in [2.05, 4.69) is 0 Å². The topological polar surface area (TPSA) is 52.6 Å². The summed E-state index contributed by atoms with van der Waals surface area (Å²) in [7, 11) is 0. The fourth-order valence-electron chi connectivity index (χ4n) is 0.954. The standard InChI is InChI=1S/C10H18O4S/c1-4-13-9(11)8(7-15-6-3)10(12)14-5-2/h8H,4-7H2,1-3H3. The molecule has 0 aromatic heterocycles. The van der Waals surface area contributed by atoms with E-state index in [1.165, 1.54) is 11.8 Å². The Labute approximate surface area is 94.7 Å². The SMILES string of the molecule is CCOC(=O)C(CSCC)C(=O)OCC. The van der Waals surface area contributed by atoms with Gasteiger partial charge in [0.1, 0.15) is 0 Å². The number of hydrogen-bond acceptors (Lipinski definition) is 5. The number of esters is 2. The molecule has 0 aromatic carbocycles. The fourth-order valence-corrected chi connectivity index (χ4v) is 1.70. The Kier molecular flexibility index (Phi) is 8.18.